The number of hydrogen-bond donors (Lipinski definition) is 0. The maximum absolute atomic E-state index is 11.6. The molecule has 1 aliphatic rings. The molecule has 0 N–H and O–H groups in total. The zero-order valence-corrected chi connectivity index (χ0v) is 8.40. The van der Waals surface area contributed by atoms with Gasteiger partial charge in [0.05, 0.1) is 0 Å². The Hall–Kier alpha value is -1.39. The molecule has 0 aromatic rings. The molecule has 5 nitrogen and oxygen atoms in total. The fraction of sp³-hybridized carbons (Fsp3) is 0.667. The van der Waals surface area contributed by atoms with Gasteiger partial charge in [0.1, 0.15) is 12.8 Å². The minimum atomic E-state index is -0.285. The SMILES string of the molecule is CC(C)N1CC(=O)N(CCC=O)C1=O. The van der Waals surface area contributed by atoms with E-state index in [1.807, 2.05) is 13.8 Å². The van der Waals surface area contributed by atoms with Crippen LogP contribution in [0.1, 0.15) is 20.3 Å². The Bertz CT molecular complexity index is 263. The molecule has 14 heavy (non-hydrogen) atoms. The van der Waals surface area contributed by atoms with Crippen molar-refractivity contribution in [1.29, 1.82) is 0 Å². The molecule has 0 radical (unpaired) electrons. The Kier molecular flexibility index (Phi) is 3.22. The van der Waals surface area contributed by atoms with Crippen LogP contribution in [-0.4, -0.2) is 47.2 Å². The number of hydrogen-bond acceptors (Lipinski definition) is 3. The lowest BCUT2D eigenvalue weighted by atomic mass is 10.3. The fourth-order valence-electron chi connectivity index (χ4n) is 1.37. The van der Waals surface area contributed by atoms with Crippen LogP contribution >= 0.6 is 0 Å². The lowest BCUT2D eigenvalue weighted by Gasteiger charge is -2.19. The highest BCUT2D eigenvalue weighted by molar-refractivity contribution is 6.02. The Morgan fingerprint density at radius 3 is 2.50 bits per heavy atom. The van der Waals surface area contributed by atoms with Crippen LogP contribution in [0.25, 0.3) is 0 Å². The normalized spacial score (nSPS) is 17.1. The number of imide groups is 1. The van der Waals surface area contributed by atoms with Gasteiger partial charge in [-0.1, -0.05) is 0 Å². The van der Waals surface area contributed by atoms with Crippen molar-refractivity contribution in [3.63, 3.8) is 0 Å². The van der Waals surface area contributed by atoms with Gasteiger partial charge in [-0.05, 0) is 13.8 Å². The second-order valence-corrected chi connectivity index (χ2v) is 3.50. The van der Waals surface area contributed by atoms with Gasteiger partial charge in [-0.3, -0.25) is 9.69 Å². The molecule has 0 atom stereocenters. The zero-order chi connectivity index (χ0) is 10.7. The summed E-state index contributed by atoms with van der Waals surface area (Å²) in [6, 6.07) is -0.264. The van der Waals surface area contributed by atoms with Crippen LogP contribution in [0.2, 0.25) is 0 Å². The van der Waals surface area contributed by atoms with Crippen LogP contribution in [0.15, 0.2) is 0 Å². The van der Waals surface area contributed by atoms with Crippen molar-refractivity contribution in [2.24, 2.45) is 0 Å². The van der Waals surface area contributed by atoms with Crippen molar-refractivity contribution in [2.75, 3.05) is 13.1 Å². The molecule has 1 fully saturated rings. The van der Waals surface area contributed by atoms with Crippen LogP contribution in [0, 0.1) is 0 Å². The predicted octanol–water partition coefficient (Wildman–Crippen LogP) is 0.248. The van der Waals surface area contributed by atoms with Gasteiger partial charge in [0.15, 0.2) is 0 Å². The first-order valence-electron chi connectivity index (χ1n) is 4.62. The van der Waals surface area contributed by atoms with E-state index in [0.29, 0.717) is 6.29 Å². The summed E-state index contributed by atoms with van der Waals surface area (Å²) in [5, 5.41) is 0. The smallest absolute Gasteiger partial charge is 0.313 e. The first-order valence-corrected chi connectivity index (χ1v) is 4.62. The lowest BCUT2D eigenvalue weighted by Crippen LogP contribution is -2.37. The van der Waals surface area contributed by atoms with Crippen molar-refractivity contribution in [3.8, 4) is 0 Å². The van der Waals surface area contributed by atoms with E-state index in [0.717, 1.165) is 4.90 Å². The first kappa shape index (κ1) is 10.7. The third-order valence-corrected chi connectivity index (χ3v) is 2.18. The van der Waals surface area contributed by atoms with E-state index in [2.05, 4.69) is 0 Å². The summed E-state index contributed by atoms with van der Waals surface area (Å²) in [4.78, 5) is 35.7. The second kappa shape index (κ2) is 4.21. The summed E-state index contributed by atoms with van der Waals surface area (Å²) in [5.74, 6) is -0.217. The molecule has 0 aromatic carbocycles. The predicted molar refractivity (Wildman–Crippen MR) is 49.6 cm³/mol. The average molecular weight is 198 g/mol. The van der Waals surface area contributed by atoms with Crippen LogP contribution in [-0.2, 0) is 9.59 Å². The third kappa shape index (κ3) is 1.92. The van der Waals surface area contributed by atoms with E-state index in [-0.39, 0.29) is 37.5 Å². The van der Waals surface area contributed by atoms with Gasteiger partial charge in [0.25, 0.3) is 0 Å². The highest BCUT2D eigenvalue weighted by atomic mass is 16.2. The Labute approximate surface area is 82.7 Å². The zero-order valence-electron chi connectivity index (χ0n) is 8.40. The molecule has 0 aliphatic carbocycles. The van der Waals surface area contributed by atoms with Gasteiger partial charge in [0, 0.05) is 19.0 Å². The number of rotatable bonds is 4. The van der Waals surface area contributed by atoms with E-state index < -0.39 is 0 Å². The summed E-state index contributed by atoms with van der Waals surface area (Å²) in [5.41, 5.74) is 0. The molecule has 1 saturated heterocycles. The van der Waals surface area contributed by atoms with Crippen LogP contribution in [0.5, 0.6) is 0 Å². The molecule has 5 heteroatoms. The van der Waals surface area contributed by atoms with Gasteiger partial charge in [-0.25, -0.2) is 4.79 Å². The van der Waals surface area contributed by atoms with E-state index in [1.165, 1.54) is 4.90 Å². The molecule has 0 aromatic heterocycles. The maximum Gasteiger partial charge on any atom is 0.327 e. The monoisotopic (exact) mass is 198 g/mol. The molecule has 0 spiro atoms. The molecule has 0 unspecified atom stereocenters. The summed E-state index contributed by atoms with van der Waals surface area (Å²) in [6.45, 7) is 4.04. The lowest BCUT2D eigenvalue weighted by molar-refractivity contribution is -0.125. The van der Waals surface area contributed by atoms with Crippen molar-refractivity contribution < 1.29 is 14.4 Å². The van der Waals surface area contributed by atoms with Gasteiger partial charge in [0.2, 0.25) is 5.91 Å². The van der Waals surface area contributed by atoms with Crippen molar-refractivity contribution in [1.82, 2.24) is 9.80 Å². The Morgan fingerprint density at radius 1 is 1.43 bits per heavy atom. The van der Waals surface area contributed by atoms with Crippen LogP contribution in [0.3, 0.4) is 0 Å². The molecular formula is C9H14N2O3. The van der Waals surface area contributed by atoms with E-state index in [1.54, 1.807) is 0 Å². The Balaban J connectivity index is 2.65. The highest BCUT2D eigenvalue weighted by Crippen LogP contribution is 2.13. The topological polar surface area (TPSA) is 57.7 Å². The summed E-state index contributed by atoms with van der Waals surface area (Å²) in [6.07, 6.45) is 0.919. The summed E-state index contributed by atoms with van der Waals surface area (Å²) in [7, 11) is 0. The largest absolute Gasteiger partial charge is 0.327 e. The van der Waals surface area contributed by atoms with Crippen molar-refractivity contribution >= 4 is 18.2 Å². The molecule has 3 amide bonds. The van der Waals surface area contributed by atoms with Gasteiger partial charge in [-0.15, -0.1) is 0 Å². The molecule has 78 valence electrons. The number of urea groups is 1. The number of aldehydes is 1. The fourth-order valence-corrected chi connectivity index (χ4v) is 1.37. The first-order chi connectivity index (χ1) is 6.57. The van der Waals surface area contributed by atoms with Crippen LogP contribution < -0.4 is 0 Å². The van der Waals surface area contributed by atoms with Gasteiger partial charge < -0.3 is 9.69 Å². The average Bonchev–Trinajstić information content (AvgIpc) is 2.40. The highest BCUT2D eigenvalue weighted by Gasteiger charge is 2.36. The third-order valence-electron chi connectivity index (χ3n) is 2.18. The molecular weight excluding hydrogens is 184 g/mol. The van der Waals surface area contributed by atoms with E-state index in [9.17, 15) is 14.4 Å². The van der Waals surface area contributed by atoms with E-state index >= 15 is 0 Å². The van der Waals surface area contributed by atoms with Crippen LogP contribution in [0.4, 0.5) is 4.79 Å². The number of nitrogens with zero attached hydrogens (tertiary/aromatic N) is 2. The standard InChI is InChI=1S/C9H14N2O3/c1-7(2)11-6-8(13)10(9(11)14)4-3-5-12/h5,7H,3-4,6H2,1-2H3. The number of amides is 3. The number of carbonyl (C=O) groups excluding carboxylic acids is 3. The summed E-state index contributed by atoms with van der Waals surface area (Å²) >= 11 is 0. The minimum absolute atomic E-state index is 0.0210. The molecule has 1 heterocycles. The molecule has 1 rings (SSSR count). The molecule has 0 bridgehead atoms. The summed E-state index contributed by atoms with van der Waals surface area (Å²) < 4.78 is 0. The van der Waals surface area contributed by atoms with Crippen molar-refractivity contribution in [2.45, 2.75) is 26.3 Å². The maximum atomic E-state index is 11.6. The minimum Gasteiger partial charge on any atom is -0.313 e. The van der Waals surface area contributed by atoms with E-state index in [4.69, 9.17) is 0 Å². The van der Waals surface area contributed by atoms with Gasteiger partial charge in [-0.2, -0.15) is 0 Å². The van der Waals surface area contributed by atoms with Crippen molar-refractivity contribution in [3.05, 3.63) is 0 Å². The Morgan fingerprint density at radius 2 is 2.07 bits per heavy atom. The second-order valence-electron chi connectivity index (χ2n) is 3.50. The molecule has 0 saturated carbocycles. The van der Waals surface area contributed by atoms with Gasteiger partial charge >= 0.3 is 6.03 Å². The quantitative estimate of drug-likeness (QED) is 0.480. The number of carbonyl (C=O) groups is 3. The molecule has 1 aliphatic heterocycles.